The number of benzene rings is 2. The molecule has 9 heteroatoms. The van der Waals surface area contributed by atoms with E-state index in [1.54, 1.807) is 16.8 Å². The van der Waals surface area contributed by atoms with E-state index in [0.717, 1.165) is 22.6 Å². The minimum absolute atomic E-state index is 0.229. The Balaban J connectivity index is 1.59. The van der Waals surface area contributed by atoms with Crippen molar-refractivity contribution in [1.29, 1.82) is 0 Å². The second-order valence-electron chi connectivity index (χ2n) is 7.16. The molecule has 162 valence electrons. The van der Waals surface area contributed by atoms with E-state index in [1.807, 2.05) is 50.2 Å². The minimum atomic E-state index is -0.353. The van der Waals surface area contributed by atoms with Crippen molar-refractivity contribution in [1.82, 2.24) is 30.3 Å². The number of amides is 1. The summed E-state index contributed by atoms with van der Waals surface area (Å²) in [5, 5.41) is 11.8. The molecule has 2 aromatic heterocycles. The molecule has 1 amide bonds. The van der Waals surface area contributed by atoms with Crippen LogP contribution < -0.4 is 5.32 Å². The van der Waals surface area contributed by atoms with Crippen LogP contribution in [0.4, 0.5) is 4.39 Å². The van der Waals surface area contributed by atoms with Gasteiger partial charge in [-0.25, -0.2) is 19.0 Å². The average Bonchev–Trinajstić information content (AvgIpc) is 3.21. The van der Waals surface area contributed by atoms with E-state index in [1.165, 1.54) is 23.9 Å². The predicted molar refractivity (Wildman–Crippen MR) is 120 cm³/mol. The second-order valence-corrected chi connectivity index (χ2v) is 8.11. The molecule has 0 saturated carbocycles. The molecule has 0 saturated heterocycles. The van der Waals surface area contributed by atoms with E-state index in [0.29, 0.717) is 16.6 Å². The average molecular weight is 449 g/mol. The first-order valence-electron chi connectivity index (χ1n) is 9.97. The van der Waals surface area contributed by atoms with E-state index < -0.39 is 0 Å². The van der Waals surface area contributed by atoms with Crippen molar-refractivity contribution in [3.8, 4) is 5.69 Å². The summed E-state index contributed by atoms with van der Waals surface area (Å²) >= 11 is 1.42. The lowest BCUT2D eigenvalue weighted by molar-refractivity contribution is 0.0945. The van der Waals surface area contributed by atoms with Crippen molar-refractivity contribution in [2.75, 3.05) is 0 Å². The fourth-order valence-corrected chi connectivity index (χ4v) is 4.09. The van der Waals surface area contributed by atoms with Gasteiger partial charge in [-0.2, -0.15) is 0 Å². The summed E-state index contributed by atoms with van der Waals surface area (Å²) in [7, 11) is 0. The summed E-state index contributed by atoms with van der Waals surface area (Å²) < 4.78 is 14.8. The van der Waals surface area contributed by atoms with Crippen molar-refractivity contribution in [3.63, 3.8) is 0 Å². The van der Waals surface area contributed by atoms with Gasteiger partial charge in [0.1, 0.15) is 5.82 Å². The van der Waals surface area contributed by atoms with Crippen molar-refractivity contribution < 1.29 is 9.18 Å². The van der Waals surface area contributed by atoms with Crippen LogP contribution in [0.15, 0.2) is 65.8 Å². The van der Waals surface area contributed by atoms with Crippen LogP contribution in [0, 0.1) is 19.7 Å². The van der Waals surface area contributed by atoms with Crippen molar-refractivity contribution in [2.24, 2.45) is 0 Å². The lowest BCUT2D eigenvalue weighted by Crippen LogP contribution is -2.24. The van der Waals surface area contributed by atoms with Crippen LogP contribution in [0.2, 0.25) is 0 Å². The van der Waals surface area contributed by atoms with E-state index in [9.17, 15) is 9.18 Å². The number of nitrogens with zero attached hydrogens (tertiary/aromatic N) is 5. The number of aromatic nitrogens is 5. The number of thioether (sulfide) groups is 1. The maximum atomic E-state index is 13.1. The quantitative estimate of drug-likeness (QED) is 0.339. The molecule has 1 N–H and O–H groups in total. The first kappa shape index (κ1) is 21.6. The summed E-state index contributed by atoms with van der Waals surface area (Å²) in [6.07, 6.45) is 0. The number of rotatable bonds is 7. The molecular weight excluding hydrogens is 427 g/mol. The third kappa shape index (κ3) is 5.17. The third-order valence-electron chi connectivity index (χ3n) is 4.65. The Morgan fingerprint density at radius 2 is 1.72 bits per heavy atom. The lowest BCUT2D eigenvalue weighted by Gasteiger charge is -2.09. The Hall–Kier alpha value is -3.59. The topological polar surface area (TPSA) is 85.6 Å². The number of aryl methyl sites for hydroxylation is 2. The highest BCUT2D eigenvalue weighted by Crippen LogP contribution is 2.23. The number of hydrogen-bond donors (Lipinski definition) is 1. The smallest absolute Gasteiger partial charge is 0.274 e. The molecule has 0 bridgehead atoms. The molecule has 32 heavy (non-hydrogen) atoms. The van der Waals surface area contributed by atoms with Gasteiger partial charge in [-0.3, -0.25) is 4.79 Å². The van der Waals surface area contributed by atoms with Crippen LogP contribution in [-0.4, -0.2) is 30.9 Å². The molecule has 0 fully saturated rings. The van der Waals surface area contributed by atoms with Crippen LogP contribution in [0.25, 0.3) is 5.69 Å². The standard InChI is InChI=1S/C23H21FN6OS/c1-15-12-16(2)27-23(26-15)32-14-20-21(28-29-30(20)19-6-4-3-5-7-19)22(31)25-13-17-8-10-18(24)11-9-17/h3-12H,13-14H2,1-2H3,(H,25,31). The maximum Gasteiger partial charge on any atom is 0.274 e. The summed E-state index contributed by atoms with van der Waals surface area (Å²) in [5.74, 6) is -0.267. The maximum absolute atomic E-state index is 13.1. The fraction of sp³-hybridized carbons (Fsp3) is 0.174. The highest BCUT2D eigenvalue weighted by Gasteiger charge is 2.21. The molecule has 4 rings (SSSR count). The molecular formula is C23H21FN6OS. The zero-order valence-electron chi connectivity index (χ0n) is 17.6. The van der Waals surface area contributed by atoms with E-state index in [2.05, 4.69) is 25.6 Å². The molecule has 7 nitrogen and oxygen atoms in total. The molecule has 0 atom stereocenters. The highest BCUT2D eigenvalue weighted by atomic mass is 32.2. The van der Waals surface area contributed by atoms with Crippen molar-refractivity contribution >= 4 is 17.7 Å². The molecule has 0 unspecified atom stereocenters. The SMILES string of the molecule is Cc1cc(C)nc(SCc2c(C(=O)NCc3ccc(F)cc3)nnn2-c2ccccc2)n1. The fourth-order valence-electron chi connectivity index (χ4n) is 3.14. The van der Waals surface area contributed by atoms with Gasteiger partial charge in [0.2, 0.25) is 0 Å². The minimum Gasteiger partial charge on any atom is -0.347 e. The number of carbonyl (C=O) groups is 1. The first-order valence-corrected chi connectivity index (χ1v) is 11.0. The van der Waals surface area contributed by atoms with Gasteiger partial charge in [0.25, 0.3) is 5.91 Å². The van der Waals surface area contributed by atoms with Gasteiger partial charge in [-0.15, -0.1) is 5.10 Å². The number of hydrogen-bond acceptors (Lipinski definition) is 6. The number of carbonyl (C=O) groups excluding carboxylic acids is 1. The first-order chi connectivity index (χ1) is 15.5. The van der Waals surface area contributed by atoms with Crippen molar-refractivity contribution in [3.05, 3.63) is 94.8 Å². The van der Waals surface area contributed by atoms with Crippen LogP contribution >= 0.6 is 11.8 Å². The lowest BCUT2D eigenvalue weighted by atomic mass is 10.2. The summed E-state index contributed by atoms with van der Waals surface area (Å²) in [6.45, 7) is 4.09. The van der Waals surface area contributed by atoms with Crippen molar-refractivity contribution in [2.45, 2.75) is 31.3 Å². The van der Waals surface area contributed by atoms with Crippen LogP contribution in [-0.2, 0) is 12.3 Å². The summed E-state index contributed by atoms with van der Waals surface area (Å²) in [6, 6.07) is 17.4. The Morgan fingerprint density at radius 3 is 2.41 bits per heavy atom. The number of nitrogens with one attached hydrogen (secondary N) is 1. The monoisotopic (exact) mass is 448 g/mol. The zero-order chi connectivity index (χ0) is 22.5. The van der Waals surface area contributed by atoms with Crippen LogP contribution in [0.1, 0.15) is 33.1 Å². The molecule has 0 aliphatic rings. The molecule has 4 aromatic rings. The van der Waals surface area contributed by atoms with E-state index in [-0.39, 0.29) is 24.0 Å². The molecule has 0 radical (unpaired) electrons. The number of para-hydroxylation sites is 1. The Bertz CT molecular complexity index is 1210. The normalized spacial score (nSPS) is 10.8. The molecule has 0 aliphatic heterocycles. The van der Waals surface area contributed by atoms with E-state index in [4.69, 9.17) is 0 Å². The van der Waals surface area contributed by atoms with Gasteiger partial charge in [-0.1, -0.05) is 47.3 Å². The van der Waals surface area contributed by atoms with Gasteiger partial charge < -0.3 is 5.32 Å². The molecule has 2 aromatic carbocycles. The second kappa shape index (κ2) is 9.69. The highest BCUT2D eigenvalue weighted by molar-refractivity contribution is 7.98. The third-order valence-corrected chi connectivity index (χ3v) is 5.50. The van der Waals surface area contributed by atoms with Crippen LogP contribution in [0.3, 0.4) is 0 Å². The molecule has 0 spiro atoms. The van der Waals surface area contributed by atoms with Gasteiger partial charge in [-0.05, 0) is 49.7 Å². The zero-order valence-corrected chi connectivity index (χ0v) is 18.4. The van der Waals surface area contributed by atoms with E-state index >= 15 is 0 Å². The van der Waals surface area contributed by atoms with Crippen LogP contribution in [0.5, 0.6) is 0 Å². The van der Waals surface area contributed by atoms with Gasteiger partial charge in [0.15, 0.2) is 10.9 Å². The van der Waals surface area contributed by atoms with Gasteiger partial charge in [0.05, 0.1) is 11.4 Å². The Morgan fingerprint density at radius 1 is 1.03 bits per heavy atom. The largest absolute Gasteiger partial charge is 0.347 e. The Kier molecular flexibility index (Phi) is 6.55. The summed E-state index contributed by atoms with van der Waals surface area (Å²) in [5.41, 5.74) is 4.22. The predicted octanol–water partition coefficient (Wildman–Crippen LogP) is 4.04. The molecule has 2 heterocycles. The summed E-state index contributed by atoms with van der Waals surface area (Å²) in [4.78, 5) is 21.9. The molecule has 0 aliphatic carbocycles. The van der Waals surface area contributed by atoms with Gasteiger partial charge >= 0.3 is 0 Å². The number of halogens is 1. The Labute approximate surface area is 189 Å². The van der Waals surface area contributed by atoms with Gasteiger partial charge in [0, 0.05) is 23.7 Å².